The van der Waals surface area contributed by atoms with Gasteiger partial charge < -0.3 is 15.6 Å². The van der Waals surface area contributed by atoms with Crippen LogP contribution in [0.1, 0.15) is 17.4 Å². The molecular weight excluding hydrogens is 266 g/mol. The number of nitrogen functional groups attached to an aromatic ring is 1. The molecule has 0 spiro atoms. The monoisotopic (exact) mass is 287 g/mol. The Bertz CT molecular complexity index is 641. The third-order valence-corrected chi connectivity index (χ3v) is 3.12. The van der Waals surface area contributed by atoms with E-state index in [1.54, 1.807) is 6.07 Å². The van der Waals surface area contributed by atoms with Crippen LogP contribution in [0.25, 0.3) is 10.9 Å². The molecule has 2 rings (SSSR count). The van der Waals surface area contributed by atoms with Crippen molar-refractivity contribution in [1.29, 1.82) is 0 Å². The highest BCUT2D eigenvalue weighted by atomic mass is 16.1. The van der Waals surface area contributed by atoms with Crippen molar-refractivity contribution in [2.45, 2.75) is 13.0 Å². The number of nitrogens with one attached hydrogen (secondary N) is 2. The largest absolute Gasteiger partial charge is 0.347 e. The highest BCUT2D eigenvalue weighted by Crippen LogP contribution is 2.22. The summed E-state index contributed by atoms with van der Waals surface area (Å²) >= 11 is 0. The van der Waals surface area contributed by atoms with Crippen molar-refractivity contribution in [3.8, 4) is 0 Å². The van der Waals surface area contributed by atoms with Gasteiger partial charge in [0.25, 0.3) is 5.91 Å². The zero-order valence-corrected chi connectivity index (χ0v) is 12.6. The van der Waals surface area contributed by atoms with Crippen LogP contribution in [0.5, 0.6) is 0 Å². The normalized spacial score (nSPS) is 12.4. The average Bonchev–Trinajstić information content (AvgIpc) is 2.44. The number of benzene rings is 1. The van der Waals surface area contributed by atoms with Crippen LogP contribution in [0.15, 0.2) is 30.3 Å². The predicted octanol–water partition coefficient (Wildman–Crippen LogP) is 1.20. The number of anilines is 1. The van der Waals surface area contributed by atoms with Crippen molar-refractivity contribution in [3.05, 3.63) is 36.0 Å². The lowest BCUT2D eigenvalue weighted by molar-refractivity contribution is 0.0929. The van der Waals surface area contributed by atoms with Crippen LogP contribution in [0.2, 0.25) is 0 Å². The maximum absolute atomic E-state index is 12.3. The molecule has 21 heavy (non-hydrogen) atoms. The summed E-state index contributed by atoms with van der Waals surface area (Å²) in [6.45, 7) is 2.72. The number of para-hydroxylation sites is 1. The van der Waals surface area contributed by atoms with E-state index < -0.39 is 0 Å². The molecule has 112 valence electrons. The number of carbonyl (C=O) groups is 1. The summed E-state index contributed by atoms with van der Waals surface area (Å²) in [5, 5.41) is 3.82. The zero-order valence-electron chi connectivity index (χ0n) is 12.6. The van der Waals surface area contributed by atoms with Gasteiger partial charge in [0.05, 0.1) is 11.2 Å². The molecule has 1 aromatic carbocycles. The molecule has 1 amide bonds. The van der Waals surface area contributed by atoms with Gasteiger partial charge in [-0.05, 0) is 33.2 Å². The first-order valence-corrected chi connectivity index (χ1v) is 6.83. The van der Waals surface area contributed by atoms with E-state index in [4.69, 9.17) is 5.84 Å². The van der Waals surface area contributed by atoms with Gasteiger partial charge in [0, 0.05) is 18.0 Å². The lowest BCUT2D eigenvalue weighted by Crippen LogP contribution is -2.39. The van der Waals surface area contributed by atoms with E-state index in [0.717, 1.165) is 17.4 Å². The maximum atomic E-state index is 12.3. The SMILES string of the molecule is CC(CN(C)C)NC(=O)c1cc(NN)c2ccccc2n1. The fourth-order valence-corrected chi connectivity index (χ4v) is 2.30. The van der Waals surface area contributed by atoms with Crippen LogP contribution in [-0.2, 0) is 0 Å². The second-order valence-electron chi connectivity index (χ2n) is 5.35. The number of hydrogen-bond acceptors (Lipinski definition) is 5. The zero-order chi connectivity index (χ0) is 15.4. The third kappa shape index (κ3) is 3.68. The Hall–Kier alpha value is -2.18. The molecule has 1 aromatic heterocycles. The molecule has 0 saturated heterocycles. The quantitative estimate of drug-likeness (QED) is 0.568. The fraction of sp³-hybridized carbons (Fsp3) is 0.333. The molecule has 0 fully saturated rings. The summed E-state index contributed by atoms with van der Waals surface area (Å²) in [6, 6.07) is 9.26. The molecule has 0 aliphatic carbocycles. The summed E-state index contributed by atoms with van der Waals surface area (Å²) in [6.07, 6.45) is 0. The summed E-state index contributed by atoms with van der Waals surface area (Å²) < 4.78 is 0. The van der Waals surface area contributed by atoms with Gasteiger partial charge in [0.2, 0.25) is 0 Å². The Kier molecular flexibility index (Phi) is 4.72. The van der Waals surface area contributed by atoms with E-state index in [1.165, 1.54) is 0 Å². The number of hydrazine groups is 1. The topological polar surface area (TPSA) is 83.3 Å². The minimum Gasteiger partial charge on any atom is -0.347 e. The molecule has 6 nitrogen and oxygen atoms in total. The molecule has 2 aromatic rings. The lowest BCUT2D eigenvalue weighted by atomic mass is 10.1. The molecule has 1 heterocycles. The van der Waals surface area contributed by atoms with Crippen LogP contribution < -0.4 is 16.6 Å². The van der Waals surface area contributed by atoms with Gasteiger partial charge in [0.15, 0.2) is 0 Å². The van der Waals surface area contributed by atoms with Gasteiger partial charge in [-0.1, -0.05) is 18.2 Å². The van der Waals surface area contributed by atoms with Crippen molar-refractivity contribution in [3.63, 3.8) is 0 Å². The van der Waals surface area contributed by atoms with E-state index in [-0.39, 0.29) is 11.9 Å². The van der Waals surface area contributed by atoms with Crippen molar-refractivity contribution >= 4 is 22.5 Å². The third-order valence-electron chi connectivity index (χ3n) is 3.12. The van der Waals surface area contributed by atoms with Crippen molar-refractivity contribution < 1.29 is 4.79 Å². The Morgan fingerprint density at radius 1 is 1.38 bits per heavy atom. The van der Waals surface area contributed by atoms with Crippen molar-refractivity contribution in [2.75, 3.05) is 26.1 Å². The molecule has 4 N–H and O–H groups in total. The summed E-state index contributed by atoms with van der Waals surface area (Å²) in [7, 11) is 3.93. The minimum atomic E-state index is -0.202. The number of pyridine rings is 1. The maximum Gasteiger partial charge on any atom is 0.270 e. The lowest BCUT2D eigenvalue weighted by Gasteiger charge is -2.18. The molecule has 0 saturated carbocycles. The van der Waals surface area contributed by atoms with Crippen LogP contribution in [0, 0.1) is 0 Å². The number of carbonyl (C=O) groups excluding carboxylic acids is 1. The number of amides is 1. The van der Waals surface area contributed by atoms with Gasteiger partial charge in [-0.2, -0.15) is 0 Å². The Morgan fingerprint density at radius 2 is 2.10 bits per heavy atom. The van der Waals surface area contributed by atoms with E-state index in [1.807, 2.05) is 50.2 Å². The highest BCUT2D eigenvalue weighted by molar-refractivity contribution is 5.99. The number of fused-ring (bicyclic) bond motifs is 1. The molecule has 0 aliphatic rings. The summed E-state index contributed by atoms with van der Waals surface area (Å²) in [4.78, 5) is 18.7. The molecule has 0 bridgehead atoms. The van der Waals surface area contributed by atoms with Crippen molar-refractivity contribution in [2.24, 2.45) is 5.84 Å². The van der Waals surface area contributed by atoms with Gasteiger partial charge in [0.1, 0.15) is 5.69 Å². The molecule has 0 radical (unpaired) electrons. The van der Waals surface area contributed by atoms with E-state index in [9.17, 15) is 4.79 Å². The standard InChI is InChI=1S/C15H21N5O/c1-10(9-20(2)3)17-15(21)14-8-13(19-16)11-6-4-5-7-12(11)18-14/h4-8,10H,9,16H2,1-3H3,(H,17,21)(H,18,19). The highest BCUT2D eigenvalue weighted by Gasteiger charge is 2.14. The van der Waals surface area contributed by atoms with Crippen LogP contribution in [0.3, 0.4) is 0 Å². The Morgan fingerprint density at radius 3 is 2.76 bits per heavy atom. The molecule has 1 unspecified atom stereocenters. The number of rotatable bonds is 5. The fourth-order valence-electron chi connectivity index (χ4n) is 2.30. The van der Waals surface area contributed by atoms with Crippen molar-refractivity contribution in [1.82, 2.24) is 15.2 Å². The summed E-state index contributed by atoms with van der Waals surface area (Å²) in [5.41, 5.74) is 4.40. The van der Waals surface area contributed by atoms with Gasteiger partial charge in [-0.25, -0.2) is 4.98 Å². The first kappa shape index (κ1) is 15.2. The molecule has 0 aliphatic heterocycles. The second kappa shape index (κ2) is 6.51. The van der Waals surface area contributed by atoms with E-state index in [2.05, 4.69) is 15.7 Å². The average molecular weight is 287 g/mol. The van der Waals surface area contributed by atoms with Crippen LogP contribution in [-0.4, -0.2) is 42.5 Å². The van der Waals surface area contributed by atoms with Crippen LogP contribution in [0.4, 0.5) is 5.69 Å². The summed E-state index contributed by atoms with van der Waals surface area (Å²) in [5.74, 6) is 5.33. The van der Waals surface area contributed by atoms with Crippen LogP contribution >= 0.6 is 0 Å². The van der Waals surface area contributed by atoms with Gasteiger partial charge >= 0.3 is 0 Å². The number of hydrogen-bond donors (Lipinski definition) is 3. The first-order valence-electron chi connectivity index (χ1n) is 6.83. The van der Waals surface area contributed by atoms with Gasteiger partial charge in [-0.3, -0.25) is 10.6 Å². The second-order valence-corrected chi connectivity index (χ2v) is 5.35. The minimum absolute atomic E-state index is 0.0371. The number of nitrogens with two attached hydrogens (primary N) is 1. The van der Waals surface area contributed by atoms with Gasteiger partial charge in [-0.15, -0.1) is 0 Å². The Labute approximate surface area is 124 Å². The number of likely N-dealkylation sites (N-methyl/N-ethyl adjacent to an activating group) is 1. The molecule has 1 atom stereocenters. The molecular formula is C15H21N5O. The Balaban J connectivity index is 2.27. The number of aromatic nitrogens is 1. The smallest absolute Gasteiger partial charge is 0.270 e. The van der Waals surface area contributed by atoms with E-state index >= 15 is 0 Å². The number of nitrogens with zero attached hydrogens (tertiary/aromatic N) is 2. The first-order chi connectivity index (χ1) is 10.0. The van der Waals surface area contributed by atoms with E-state index in [0.29, 0.717) is 11.4 Å². The predicted molar refractivity (Wildman–Crippen MR) is 85.0 cm³/mol. The molecule has 6 heteroatoms.